The van der Waals surface area contributed by atoms with E-state index in [-0.39, 0.29) is 11.6 Å². The molecule has 1 aliphatic heterocycles. The van der Waals surface area contributed by atoms with E-state index >= 15 is 0 Å². The minimum absolute atomic E-state index is 0.0219. The number of anilines is 2. The standard InChI is InChI=1S/C13H18FN3O2/c1-9(18)16-3-5-17(6-4-16)10-7-11(14)13(15)12(8-10)19-2/h7-8H,3-6,15H2,1-2H3. The van der Waals surface area contributed by atoms with Crippen molar-refractivity contribution in [2.75, 3.05) is 43.9 Å². The minimum Gasteiger partial charge on any atom is -0.494 e. The molecule has 1 fully saturated rings. The molecule has 0 unspecified atom stereocenters. The van der Waals surface area contributed by atoms with Crippen LogP contribution in [0.4, 0.5) is 15.8 Å². The second-order valence-electron chi connectivity index (χ2n) is 4.54. The number of hydrogen-bond acceptors (Lipinski definition) is 4. The van der Waals surface area contributed by atoms with Crippen molar-refractivity contribution in [1.29, 1.82) is 0 Å². The molecule has 0 bridgehead atoms. The first-order chi connectivity index (χ1) is 9.02. The molecule has 104 valence electrons. The van der Waals surface area contributed by atoms with Gasteiger partial charge in [-0.15, -0.1) is 0 Å². The molecule has 1 aromatic rings. The van der Waals surface area contributed by atoms with Gasteiger partial charge in [0, 0.05) is 44.9 Å². The van der Waals surface area contributed by atoms with Crippen LogP contribution >= 0.6 is 0 Å². The Labute approximate surface area is 111 Å². The van der Waals surface area contributed by atoms with E-state index < -0.39 is 5.82 Å². The number of halogens is 1. The van der Waals surface area contributed by atoms with Gasteiger partial charge in [-0.05, 0) is 6.07 Å². The summed E-state index contributed by atoms with van der Waals surface area (Å²) in [7, 11) is 1.46. The molecule has 1 aromatic carbocycles. The molecule has 2 N–H and O–H groups in total. The van der Waals surface area contributed by atoms with Crippen LogP contribution in [0.2, 0.25) is 0 Å². The lowest BCUT2D eigenvalue weighted by Crippen LogP contribution is -2.48. The molecule has 6 heteroatoms. The number of benzene rings is 1. The predicted octanol–water partition coefficient (Wildman–Crippen LogP) is 1.08. The van der Waals surface area contributed by atoms with Crippen molar-refractivity contribution in [3.05, 3.63) is 17.9 Å². The van der Waals surface area contributed by atoms with Gasteiger partial charge < -0.3 is 20.3 Å². The summed E-state index contributed by atoms with van der Waals surface area (Å²) in [6.45, 7) is 4.19. The Morgan fingerprint density at radius 2 is 1.95 bits per heavy atom. The molecule has 1 heterocycles. The van der Waals surface area contributed by atoms with Crippen molar-refractivity contribution in [1.82, 2.24) is 4.90 Å². The van der Waals surface area contributed by atoms with Crippen molar-refractivity contribution in [3.63, 3.8) is 0 Å². The van der Waals surface area contributed by atoms with Gasteiger partial charge in [0.2, 0.25) is 5.91 Å². The maximum atomic E-state index is 13.7. The average molecular weight is 267 g/mol. The molecule has 0 aromatic heterocycles. The van der Waals surface area contributed by atoms with Gasteiger partial charge in [-0.25, -0.2) is 4.39 Å². The van der Waals surface area contributed by atoms with Crippen molar-refractivity contribution in [2.24, 2.45) is 0 Å². The van der Waals surface area contributed by atoms with Gasteiger partial charge in [0.25, 0.3) is 0 Å². The SMILES string of the molecule is COc1cc(N2CCN(C(C)=O)CC2)cc(F)c1N. The summed E-state index contributed by atoms with van der Waals surface area (Å²) in [5, 5.41) is 0. The number of methoxy groups -OCH3 is 1. The van der Waals surface area contributed by atoms with Gasteiger partial charge in [-0.3, -0.25) is 4.79 Å². The molecular formula is C13H18FN3O2. The Balaban J connectivity index is 2.15. The number of carbonyl (C=O) groups is 1. The van der Waals surface area contributed by atoms with Gasteiger partial charge in [-0.1, -0.05) is 0 Å². The number of nitrogen functional groups attached to an aromatic ring is 1. The highest BCUT2D eigenvalue weighted by molar-refractivity contribution is 5.73. The van der Waals surface area contributed by atoms with E-state index in [0.717, 1.165) is 5.69 Å². The second-order valence-corrected chi connectivity index (χ2v) is 4.54. The topological polar surface area (TPSA) is 58.8 Å². The monoisotopic (exact) mass is 267 g/mol. The van der Waals surface area contributed by atoms with Crippen LogP contribution in [0.3, 0.4) is 0 Å². The second kappa shape index (κ2) is 5.34. The molecule has 19 heavy (non-hydrogen) atoms. The summed E-state index contributed by atoms with van der Waals surface area (Å²) in [4.78, 5) is 15.0. The molecule has 0 spiro atoms. The van der Waals surface area contributed by atoms with E-state index in [4.69, 9.17) is 10.5 Å². The zero-order valence-electron chi connectivity index (χ0n) is 11.1. The fourth-order valence-corrected chi connectivity index (χ4v) is 2.21. The van der Waals surface area contributed by atoms with Crippen LogP contribution in [-0.4, -0.2) is 44.1 Å². The Bertz CT molecular complexity index is 485. The van der Waals surface area contributed by atoms with Crippen LogP contribution in [0.25, 0.3) is 0 Å². The lowest BCUT2D eigenvalue weighted by molar-refractivity contribution is -0.129. The van der Waals surface area contributed by atoms with Crippen LogP contribution in [0, 0.1) is 5.82 Å². The number of hydrogen-bond donors (Lipinski definition) is 1. The lowest BCUT2D eigenvalue weighted by Gasteiger charge is -2.35. The smallest absolute Gasteiger partial charge is 0.219 e. The van der Waals surface area contributed by atoms with Crippen molar-refractivity contribution >= 4 is 17.3 Å². The zero-order chi connectivity index (χ0) is 14.0. The molecule has 5 nitrogen and oxygen atoms in total. The van der Waals surface area contributed by atoms with Gasteiger partial charge in [0.15, 0.2) is 5.82 Å². The maximum Gasteiger partial charge on any atom is 0.219 e. The Morgan fingerprint density at radius 3 is 2.47 bits per heavy atom. The molecule has 1 saturated heterocycles. The molecule has 1 aliphatic rings. The highest BCUT2D eigenvalue weighted by atomic mass is 19.1. The third-order valence-corrected chi connectivity index (χ3v) is 3.39. The number of amides is 1. The first-order valence-electron chi connectivity index (χ1n) is 6.16. The van der Waals surface area contributed by atoms with Crippen LogP contribution < -0.4 is 15.4 Å². The van der Waals surface area contributed by atoms with E-state index in [1.807, 2.05) is 4.90 Å². The molecule has 0 aliphatic carbocycles. The van der Waals surface area contributed by atoms with Crippen molar-refractivity contribution in [2.45, 2.75) is 6.92 Å². The maximum absolute atomic E-state index is 13.7. The summed E-state index contributed by atoms with van der Waals surface area (Å²) in [5.41, 5.74) is 6.33. The Kier molecular flexibility index (Phi) is 3.78. The molecular weight excluding hydrogens is 249 g/mol. The fourth-order valence-electron chi connectivity index (χ4n) is 2.21. The van der Waals surface area contributed by atoms with Gasteiger partial charge >= 0.3 is 0 Å². The quantitative estimate of drug-likeness (QED) is 0.815. The van der Waals surface area contributed by atoms with E-state index in [0.29, 0.717) is 31.9 Å². The summed E-state index contributed by atoms with van der Waals surface area (Å²) in [5.74, 6) is -0.0759. The molecule has 0 radical (unpaired) electrons. The molecule has 2 rings (SSSR count). The minimum atomic E-state index is -0.483. The highest BCUT2D eigenvalue weighted by Crippen LogP contribution is 2.31. The van der Waals surface area contributed by atoms with Crippen LogP contribution in [-0.2, 0) is 4.79 Å². The van der Waals surface area contributed by atoms with Crippen LogP contribution in [0.5, 0.6) is 5.75 Å². The number of nitrogens with zero attached hydrogens (tertiary/aromatic N) is 2. The number of piperazine rings is 1. The normalized spacial score (nSPS) is 15.5. The van der Waals surface area contributed by atoms with E-state index in [2.05, 4.69) is 0 Å². The molecule has 1 amide bonds. The number of ether oxygens (including phenoxy) is 1. The van der Waals surface area contributed by atoms with Crippen LogP contribution in [0.15, 0.2) is 12.1 Å². The summed E-state index contributed by atoms with van der Waals surface area (Å²) < 4.78 is 18.8. The summed E-state index contributed by atoms with van der Waals surface area (Å²) in [6, 6.07) is 3.13. The van der Waals surface area contributed by atoms with Gasteiger partial charge in [-0.2, -0.15) is 0 Å². The Hall–Kier alpha value is -1.98. The van der Waals surface area contributed by atoms with Crippen molar-refractivity contribution < 1.29 is 13.9 Å². The van der Waals surface area contributed by atoms with Gasteiger partial charge in [0.05, 0.1) is 7.11 Å². The third kappa shape index (κ3) is 2.72. The fraction of sp³-hybridized carbons (Fsp3) is 0.462. The highest BCUT2D eigenvalue weighted by Gasteiger charge is 2.20. The van der Waals surface area contributed by atoms with E-state index in [9.17, 15) is 9.18 Å². The first-order valence-corrected chi connectivity index (χ1v) is 6.16. The largest absolute Gasteiger partial charge is 0.494 e. The van der Waals surface area contributed by atoms with Crippen molar-refractivity contribution in [3.8, 4) is 5.75 Å². The summed E-state index contributed by atoms with van der Waals surface area (Å²) in [6.07, 6.45) is 0. The molecule has 0 atom stereocenters. The molecule has 0 saturated carbocycles. The zero-order valence-corrected chi connectivity index (χ0v) is 11.1. The number of rotatable bonds is 2. The predicted molar refractivity (Wildman–Crippen MR) is 71.8 cm³/mol. The number of carbonyl (C=O) groups excluding carboxylic acids is 1. The first kappa shape index (κ1) is 13.5. The summed E-state index contributed by atoms with van der Waals surface area (Å²) >= 11 is 0. The third-order valence-electron chi connectivity index (χ3n) is 3.39. The van der Waals surface area contributed by atoms with E-state index in [1.165, 1.54) is 13.2 Å². The number of nitrogens with two attached hydrogens (primary N) is 1. The Morgan fingerprint density at radius 1 is 1.32 bits per heavy atom. The van der Waals surface area contributed by atoms with Gasteiger partial charge in [0.1, 0.15) is 11.4 Å². The average Bonchev–Trinajstić information content (AvgIpc) is 2.41. The van der Waals surface area contributed by atoms with Crippen LogP contribution in [0.1, 0.15) is 6.92 Å². The van der Waals surface area contributed by atoms with E-state index in [1.54, 1.807) is 17.9 Å². The lowest BCUT2D eigenvalue weighted by atomic mass is 10.2.